The summed E-state index contributed by atoms with van der Waals surface area (Å²) >= 11 is 0. The molecule has 4 heterocycles. The minimum absolute atomic E-state index is 0.00775. The molecule has 238 valence electrons. The first-order chi connectivity index (χ1) is 22.4. The number of sulfonamides is 1. The Balaban J connectivity index is 1.10. The van der Waals surface area contributed by atoms with E-state index in [0.29, 0.717) is 23.8 Å². The third-order valence-electron chi connectivity index (χ3n) is 9.34. The Morgan fingerprint density at radius 3 is 2.52 bits per heavy atom. The topological polar surface area (TPSA) is 110 Å². The lowest BCUT2D eigenvalue weighted by Gasteiger charge is -2.34. The molecule has 7 rings (SSSR count). The third-order valence-corrected chi connectivity index (χ3v) is 11.3. The minimum atomic E-state index is -3.68. The highest BCUT2D eigenvalue weighted by atomic mass is 32.2. The molecular formula is C36H41N7O2S. The molecule has 0 atom stereocenters. The first-order valence-electron chi connectivity index (χ1n) is 16.1. The molecule has 0 radical (unpaired) electrons. The molecule has 1 saturated heterocycles. The van der Waals surface area contributed by atoms with Crippen LogP contribution in [0.25, 0.3) is 17.5 Å². The lowest BCUT2D eigenvalue weighted by atomic mass is 10.1. The first kappa shape index (κ1) is 30.4. The van der Waals surface area contributed by atoms with Gasteiger partial charge in [-0.1, -0.05) is 49.0 Å². The van der Waals surface area contributed by atoms with E-state index in [-0.39, 0.29) is 6.04 Å². The normalized spacial score (nSPS) is 16.7. The van der Waals surface area contributed by atoms with Gasteiger partial charge in [-0.2, -0.15) is 4.31 Å². The molecule has 3 aliphatic heterocycles. The SMILES string of the molecule is C=C1N=c2[nH]c(-c3ccc(S(=O)(=O)N(CCCN4CCc5ccccc54)C4CCNCC4)cc3)cc2=CN1c1ccc(CN)cc1. The van der Waals surface area contributed by atoms with E-state index in [1.54, 1.807) is 16.4 Å². The molecule has 0 unspecified atom stereocenters. The van der Waals surface area contributed by atoms with Crippen LogP contribution in [0.4, 0.5) is 11.4 Å². The summed E-state index contributed by atoms with van der Waals surface area (Å²) in [6.07, 6.45) is 5.47. The lowest BCUT2D eigenvalue weighted by molar-refractivity contribution is 0.260. The van der Waals surface area contributed by atoms with E-state index in [1.165, 1.54) is 11.3 Å². The van der Waals surface area contributed by atoms with Crippen LogP contribution >= 0.6 is 0 Å². The summed E-state index contributed by atoms with van der Waals surface area (Å²) in [5.41, 5.74) is 12.9. The molecule has 3 aromatic carbocycles. The predicted octanol–water partition coefficient (Wildman–Crippen LogP) is 3.68. The summed E-state index contributed by atoms with van der Waals surface area (Å²) in [6.45, 7) is 8.64. The highest BCUT2D eigenvalue weighted by molar-refractivity contribution is 7.89. The van der Waals surface area contributed by atoms with Gasteiger partial charge in [0, 0.05) is 60.7 Å². The number of nitrogens with one attached hydrogen (secondary N) is 2. The molecule has 0 aliphatic carbocycles. The summed E-state index contributed by atoms with van der Waals surface area (Å²) in [5, 5.41) is 4.31. The Morgan fingerprint density at radius 2 is 1.76 bits per heavy atom. The molecule has 4 aromatic rings. The lowest BCUT2D eigenvalue weighted by Crippen LogP contribution is -2.47. The second kappa shape index (κ2) is 12.9. The molecule has 0 saturated carbocycles. The van der Waals surface area contributed by atoms with E-state index in [1.807, 2.05) is 53.6 Å². The first-order valence-corrected chi connectivity index (χ1v) is 17.6. The summed E-state index contributed by atoms with van der Waals surface area (Å²) < 4.78 is 30.1. The molecule has 0 bridgehead atoms. The highest BCUT2D eigenvalue weighted by Gasteiger charge is 2.32. The van der Waals surface area contributed by atoms with Crippen molar-refractivity contribution >= 4 is 27.6 Å². The van der Waals surface area contributed by atoms with Crippen molar-refractivity contribution in [2.75, 3.05) is 42.5 Å². The number of H-pyrrole nitrogens is 1. The van der Waals surface area contributed by atoms with E-state index >= 15 is 0 Å². The monoisotopic (exact) mass is 635 g/mol. The maximum absolute atomic E-state index is 14.2. The van der Waals surface area contributed by atoms with Gasteiger partial charge in [0.1, 0.15) is 11.3 Å². The van der Waals surface area contributed by atoms with E-state index in [0.717, 1.165) is 85.1 Å². The van der Waals surface area contributed by atoms with Crippen LogP contribution in [0.3, 0.4) is 0 Å². The number of aromatic nitrogens is 1. The van der Waals surface area contributed by atoms with Crippen molar-refractivity contribution in [3.8, 4) is 11.3 Å². The maximum atomic E-state index is 14.2. The number of benzene rings is 3. The maximum Gasteiger partial charge on any atom is 0.243 e. The molecule has 10 heteroatoms. The van der Waals surface area contributed by atoms with Crippen molar-refractivity contribution in [1.29, 1.82) is 0 Å². The number of fused-ring (bicyclic) bond motifs is 2. The van der Waals surface area contributed by atoms with Crippen LogP contribution in [0.15, 0.2) is 101 Å². The number of piperidine rings is 1. The van der Waals surface area contributed by atoms with E-state index < -0.39 is 10.0 Å². The number of hydrogen-bond donors (Lipinski definition) is 3. The summed E-state index contributed by atoms with van der Waals surface area (Å²) in [5.74, 6) is 0.606. The van der Waals surface area contributed by atoms with E-state index in [2.05, 4.69) is 46.0 Å². The Morgan fingerprint density at radius 1 is 1.00 bits per heavy atom. The van der Waals surface area contributed by atoms with Crippen LogP contribution in [-0.4, -0.2) is 56.5 Å². The third kappa shape index (κ3) is 6.01. The molecule has 1 fully saturated rings. The van der Waals surface area contributed by atoms with Crippen LogP contribution in [0.2, 0.25) is 0 Å². The van der Waals surface area contributed by atoms with Crippen molar-refractivity contribution in [3.05, 3.63) is 113 Å². The van der Waals surface area contributed by atoms with Gasteiger partial charge in [-0.05, 0) is 91.9 Å². The van der Waals surface area contributed by atoms with Crippen LogP contribution < -0.4 is 31.6 Å². The minimum Gasteiger partial charge on any atom is -0.371 e. The average Bonchev–Trinajstić information content (AvgIpc) is 3.70. The largest absolute Gasteiger partial charge is 0.371 e. The number of aromatic amines is 1. The van der Waals surface area contributed by atoms with Gasteiger partial charge in [-0.3, -0.25) is 0 Å². The fourth-order valence-electron chi connectivity index (χ4n) is 6.81. The second-order valence-corrected chi connectivity index (χ2v) is 14.1. The van der Waals surface area contributed by atoms with Crippen LogP contribution in [0, 0.1) is 0 Å². The van der Waals surface area contributed by atoms with Gasteiger partial charge in [0.15, 0.2) is 0 Å². The molecule has 9 nitrogen and oxygen atoms in total. The molecule has 0 amide bonds. The molecule has 4 N–H and O–H groups in total. The van der Waals surface area contributed by atoms with Gasteiger partial charge < -0.3 is 25.8 Å². The molecular weight excluding hydrogens is 595 g/mol. The Bertz CT molecular complexity index is 1950. The smallest absolute Gasteiger partial charge is 0.243 e. The second-order valence-electron chi connectivity index (χ2n) is 12.2. The quantitative estimate of drug-likeness (QED) is 0.245. The fourth-order valence-corrected chi connectivity index (χ4v) is 8.53. The molecule has 0 spiro atoms. The summed E-state index contributed by atoms with van der Waals surface area (Å²) in [4.78, 5) is 12.8. The van der Waals surface area contributed by atoms with Crippen LogP contribution in [-0.2, 0) is 23.0 Å². The van der Waals surface area contributed by atoms with E-state index in [9.17, 15) is 8.42 Å². The number of nitrogens with zero attached hydrogens (tertiary/aromatic N) is 4. The molecule has 46 heavy (non-hydrogen) atoms. The summed E-state index contributed by atoms with van der Waals surface area (Å²) in [6, 6.07) is 25.8. The predicted molar refractivity (Wildman–Crippen MR) is 184 cm³/mol. The van der Waals surface area contributed by atoms with Crippen molar-refractivity contribution in [2.45, 2.75) is 43.2 Å². The van der Waals surface area contributed by atoms with Crippen molar-refractivity contribution in [2.24, 2.45) is 10.7 Å². The van der Waals surface area contributed by atoms with Gasteiger partial charge in [0.25, 0.3) is 0 Å². The zero-order chi connectivity index (χ0) is 31.7. The number of nitrogens with two attached hydrogens (primary N) is 1. The van der Waals surface area contributed by atoms with E-state index in [4.69, 9.17) is 10.7 Å². The summed E-state index contributed by atoms with van der Waals surface area (Å²) in [7, 11) is -3.68. The van der Waals surface area contributed by atoms with Crippen molar-refractivity contribution in [3.63, 3.8) is 0 Å². The zero-order valence-electron chi connectivity index (χ0n) is 26.0. The van der Waals surface area contributed by atoms with Crippen molar-refractivity contribution in [1.82, 2.24) is 14.6 Å². The number of rotatable bonds is 10. The van der Waals surface area contributed by atoms with Gasteiger partial charge in [-0.25, -0.2) is 13.4 Å². The van der Waals surface area contributed by atoms with Gasteiger partial charge in [0.05, 0.1) is 4.90 Å². The Labute approximate surface area is 270 Å². The number of para-hydroxylation sites is 1. The van der Waals surface area contributed by atoms with Crippen molar-refractivity contribution < 1.29 is 8.42 Å². The highest BCUT2D eigenvalue weighted by Crippen LogP contribution is 2.29. The van der Waals surface area contributed by atoms with Gasteiger partial charge in [0.2, 0.25) is 10.0 Å². The average molecular weight is 636 g/mol. The van der Waals surface area contributed by atoms with Gasteiger partial charge >= 0.3 is 0 Å². The molecule has 3 aliphatic rings. The standard InChI is InChI=1S/C36H41N7O2S/c1-26-39-36-30(25-42(26)31-11-7-27(24-37)8-12-31)23-34(40-36)28-9-13-33(14-10-28)46(44,45)43(32-15-18-38-19-16-32)21-4-20-41-22-17-29-5-2-3-6-35(29)41/h2-3,5-14,23,25,32,38H,1,4,15-22,24,37H2,(H,39,40). The van der Waals surface area contributed by atoms with Gasteiger partial charge in [-0.15, -0.1) is 0 Å². The number of anilines is 2. The zero-order valence-corrected chi connectivity index (χ0v) is 26.8. The Hall–Kier alpha value is -4.22. The molecule has 1 aromatic heterocycles. The van der Waals surface area contributed by atoms with Crippen LogP contribution in [0.5, 0.6) is 0 Å². The fraction of sp³-hybridized carbons (Fsp3) is 0.306. The van der Waals surface area contributed by atoms with Crippen LogP contribution in [0.1, 0.15) is 30.4 Å². The Kier molecular flexibility index (Phi) is 8.52. The number of hydrogen-bond acceptors (Lipinski definition) is 7.